The number of hydrogen-bond donors (Lipinski definition) is 1. The first-order valence-corrected chi connectivity index (χ1v) is 5.48. The topological polar surface area (TPSA) is 81.7 Å². The molecular formula is C14H10N4O. The second-order valence-electron chi connectivity index (χ2n) is 3.65. The van der Waals surface area contributed by atoms with Crippen molar-refractivity contribution in [1.82, 2.24) is 4.98 Å². The van der Waals surface area contributed by atoms with Gasteiger partial charge in [-0.15, -0.1) is 0 Å². The van der Waals surface area contributed by atoms with Gasteiger partial charge in [0.25, 0.3) is 0 Å². The van der Waals surface area contributed by atoms with Crippen LogP contribution in [0.2, 0.25) is 0 Å². The van der Waals surface area contributed by atoms with Crippen molar-refractivity contribution in [2.45, 2.75) is 0 Å². The summed E-state index contributed by atoms with van der Waals surface area (Å²) in [5.41, 5.74) is 1.94. The minimum atomic E-state index is 0.437. The molecular weight excluding hydrogens is 240 g/mol. The van der Waals surface area contributed by atoms with E-state index in [2.05, 4.69) is 22.4 Å². The predicted molar refractivity (Wildman–Crippen MR) is 69.9 cm³/mol. The number of pyridine rings is 1. The van der Waals surface area contributed by atoms with Crippen LogP contribution < -0.4 is 10.1 Å². The lowest BCUT2D eigenvalue weighted by atomic mass is 10.1. The molecule has 1 N–H and O–H groups in total. The van der Waals surface area contributed by atoms with Crippen LogP contribution in [0.4, 0.5) is 11.4 Å². The van der Waals surface area contributed by atoms with E-state index in [0.717, 1.165) is 0 Å². The molecule has 0 aliphatic carbocycles. The SMILES string of the molecule is COc1cccc(C#N)c1Nc1cnccc1C#N. The Bertz CT molecular complexity index is 683. The van der Waals surface area contributed by atoms with Gasteiger partial charge in [-0.1, -0.05) is 6.07 Å². The molecule has 0 saturated carbocycles. The lowest BCUT2D eigenvalue weighted by Gasteiger charge is -2.13. The highest BCUT2D eigenvalue weighted by Crippen LogP contribution is 2.31. The molecule has 2 aromatic rings. The number of rotatable bonds is 3. The molecule has 19 heavy (non-hydrogen) atoms. The number of methoxy groups -OCH3 is 1. The van der Waals surface area contributed by atoms with Crippen LogP contribution in [-0.2, 0) is 0 Å². The summed E-state index contributed by atoms with van der Waals surface area (Å²) in [5.74, 6) is 0.534. The van der Waals surface area contributed by atoms with E-state index < -0.39 is 0 Å². The van der Waals surface area contributed by atoms with Crippen LogP contribution in [0.15, 0.2) is 36.7 Å². The largest absolute Gasteiger partial charge is 0.495 e. The summed E-state index contributed by atoms with van der Waals surface area (Å²) < 4.78 is 5.22. The van der Waals surface area contributed by atoms with Crippen molar-refractivity contribution in [2.24, 2.45) is 0 Å². The maximum Gasteiger partial charge on any atom is 0.143 e. The van der Waals surface area contributed by atoms with E-state index >= 15 is 0 Å². The number of nitrogens with one attached hydrogen (secondary N) is 1. The van der Waals surface area contributed by atoms with Crippen LogP contribution in [0.1, 0.15) is 11.1 Å². The third-order valence-electron chi connectivity index (χ3n) is 2.57. The van der Waals surface area contributed by atoms with Crippen molar-refractivity contribution in [3.05, 3.63) is 47.8 Å². The standard InChI is InChI=1S/C14H10N4O/c1-19-13-4-2-3-11(8-16)14(13)18-12-9-17-6-5-10(12)7-15/h2-6,9,18H,1H3. The zero-order chi connectivity index (χ0) is 13.7. The second kappa shape index (κ2) is 5.52. The average molecular weight is 250 g/mol. The number of benzene rings is 1. The van der Waals surface area contributed by atoms with Crippen LogP contribution in [0.5, 0.6) is 5.75 Å². The fourth-order valence-corrected chi connectivity index (χ4v) is 1.65. The molecule has 2 rings (SSSR count). The first-order valence-electron chi connectivity index (χ1n) is 5.48. The van der Waals surface area contributed by atoms with Gasteiger partial charge in [-0.05, 0) is 18.2 Å². The molecule has 1 heterocycles. The van der Waals surface area contributed by atoms with Crippen molar-refractivity contribution < 1.29 is 4.74 Å². The van der Waals surface area contributed by atoms with Crippen molar-refractivity contribution in [3.63, 3.8) is 0 Å². The van der Waals surface area contributed by atoms with Crippen LogP contribution in [0, 0.1) is 22.7 Å². The van der Waals surface area contributed by atoms with Crippen LogP contribution in [0.3, 0.4) is 0 Å². The van der Waals surface area contributed by atoms with Crippen molar-refractivity contribution in [2.75, 3.05) is 12.4 Å². The maximum atomic E-state index is 9.12. The van der Waals surface area contributed by atoms with Crippen molar-refractivity contribution in [3.8, 4) is 17.9 Å². The zero-order valence-electron chi connectivity index (χ0n) is 10.2. The normalized spacial score (nSPS) is 9.21. The Morgan fingerprint density at radius 2 is 1.95 bits per heavy atom. The highest BCUT2D eigenvalue weighted by atomic mass is 16.5. The molecule has 0 unspecified atom stereocenters. The molecule has 0 radical (unpaired) electrons. The van der Waals surface area contributed by atoms with Gasteiger partial charge in [-0.25, -0.2) is 0 Å². The summed E-state index contributed by atoms with van der Waals surface area (Å²) in [6.45, 7) is 0. The Morgan fingerprint density at radius 1 is 1.16 bits per heavy atom. The number of ether oxygens (including phenoxy) is 1. The van der Waals surface area contributed by atoms with Crippen LogP contribution in [0.25, 0.3) is 0 Å². The van der Waals surface area contributed by atoms with Gasteiger partial charge in [0.1, 0.15) is 17.9 Å². The number of hydrogen-bond acceptors (Lipinski definition) is 5. The highest BCUT2D eigenvalue weighted by molar-refractivity contribution is 5.75. The second-order valence-corrected chi connectivity index (χ2v) is 3.65. The first-order chi connectivity index (χ1) is 9.30. The number of nitrogens with zero attached hydrogens (tertiary/aromatic N) is 3. The molecule has 0 fully saturated rings. The van der Waals surface area contributed by atoms with E-state index in [-0.39, 0.29) is 0 Å². The molecule has 0 atom stereocenters. The minimum absolute atomic E-state index is 0.437. The monoisotopic (exact) mass is 250 g/mol. The van der Waals surface area contributed by atoms with Gasteiger partial charge in [-0.3, -0.25) is 4.98 Å². The summed E-state index contributed by atoms with van der Waals surface area (Å²) in [7, 11) is 1.52. The minimum Gasteiger partial charge on any atom is -0.495 e. The third-order valence-corrected chi connectivity index (χ3v) is 2.57. The predicted octanol–water partition coefficient (Wildman–Crippen LogP) is 2.58. The third kappa shape index (κ3) is 2.46. The van der Waals surface area contributed by atoms with Crippen molar-refractivity contribution in [1.29, 1.82) is 10.5 Å². The molecule has 5 heteroatoms. The Morgan fingerprint density at radius 3 is 2.63 bits per heavy atom. The van der Waals surface area contributed by atoms with E-state index in [1.807, 2.05) is 0 Å². The molecule has 1 aromatic heterocycles. The summed E-state index contributed by atoms with van der Waals surface area (Å²) in [5, 5.41) is 21.2. The Labute approximate surface area is 110 Å². The summed E-state index contributed by atoms with van der Waals surface area (Å²) in [6, 6.07) is 10.9. The van der Waals surface area contributed by atoms with E-state index in [1.54, 1.807) is 24.3 Å². The van der Waals surface area contributed by atoms with Crippen molar-refractivity contribution >= 4 is 11.4 Å². The van der Waals surface area contributed by atoms with Crippen LogP contribution >= 0.6 is 0 Å². The zero-order valence-corrected chi connectivity index (χ0v) is 10.2. The molecule has 92 valence electrons. The van der Waals surface area contributed by atoms with Gasteiger partial charge in [0.15, 0.2) is 0 Å². The van der Waals surface area contributed by atoms with E-state index in [0.29, 0.717) is 28.3 Å². The summed E-state index contributed by atoms with van der Waals surface area (Å²) in [6.07, 6.45) is 3.07. The quantitative estimate of drug-likeness (QED) is 0.905. The van der Waals surface area contributed by atoms with Gasteiger partial charge in [0, 0.05) is 6.20 Å². The Kier molecular flexibility index (Phi) is 3.61. The number of nitriles is 2. The molecule has 0 spiro atoms. The van der Waals surface area contributed by atoms with Gasteiger partial charge >= 0.3 is 0 Å². The van der Waals surface area contributed by atoms with E-state index in [4.69, 9.17) is 15.3 Å². The smallest absolute Gasteiger partial charge is 0.143 e. The molecule has 0 aliphatic rings. The molecule has 0 saturated heterocycles. The molecule has 1 aromatic carbocycles. The first kappa shape index (κ1) is 12.4. The summed E-state index contributed by atoms with van der Waals surface area (Å²) >= 11 is 0. The highest BCUT2D eigenvalue weighted by Gasteiger charge is 2.11. The van der Waals surface area contributed by atoms with E-state index in [9.17, 15) is 0 Å². The Balaban J connectivity index is 2.50. The number of anilines is 2. The number of aromatic nitrogens is 1. The van der Waals surface area contributed by atoms with E-state index in [1.165, 1.54) is 19.5 Å². The fourth-order valence-electron chi connectivity index (χ4n) is 1.65. The summed E-state index contributed by atoms with van der Waals surface area (Å²) in [4.78, 5) is 3.96. The molecule has 0 amide bonds. The van der Waals surface area contributed by atoms with Gasteiger partial charge in [0.05, 0.1) is 35.8 Å². The molecule has 0 aliphatic heterocycles. The van der Waals surface area contributed by atoms with Gasteiger partial charge in [0.2, 0.25) is 0 Å². The van der Waals surface area contributed by atoms with Gasteiger partial charge < -0.3 is 10.1 Å². The lowest BCUT2D eigenvalue weighted by Crippen LogP contribution is -1.99. The fraction of sp³-hybridized carbons (Fsp3) is 0.0714. The number of para-hydroxylation sites is 1. The lowest BCUT2D eigenvalue weighted by molar-refractivity contribution is 0.416. The van der Waals surface area contributed by atoms with Gasteiger partial charge in [-0.2, -0.15) is 10.5 Å². The maximum absolute atomic E-state index is 9.12. The molecule has 5 nitrogen and oxygen atoms in total. The Hall–Kier alpha value is -3.05. The molecule has 0 bridgehead atoms. The van der Waals surface area contributed by atoms with Crippen LogP contribution in [-0.4, -0.2) is 12.1 Å². The average Bonchev–Trinajstić information content (AvgIpc) is 2.48.